The highest BCUT2D eigenvalue weighted by Gasteiger charge is 2.24. The predicted octanol–water partition coefficient (Wildman–Crippen LogP) is 4.43. The molecule has 5 rings (SSSR count). The summed E-state index contributed by atoms with van der Waals surface area (Å²) in [5.74, 6) is 0.253. The van der Waals surface area contributed by atoms with Crippen LogP contribution in [-0.4, -0.2) is 36.6 Å². The van der Waals surface area contributed by atoms with Crippen molar-refractivity contribution in [3.05, 3.63) is 81.9 Å². The van der Waals surface area contributed by atoms with Gasteiger partial charge in [0, 0.05) is 41.7 Å². The fraction of sp³-hybridized carbons (Fsp3) is 0.200. The van der Waals surface area contributed by atoms with Crippen LogP contribution < -0.4 is 25.0 Å². The number of nitro groups is 1. The summed E-state index contributed by atoms with van der Waals surface area (Å²) in [6.45, 7) is 1.64. The summed E-state index contributed by atoms with van der Waals surface area (Å²) in [6, 6.07) is 16.1. The number of nitro benzene ring substituents is 1. The molecule has 3 aromatic carbocycles. The molecular weight excluding hydrogens is 452 g/mol. The molecule has 0 saturated carbocycles. The summed E-state index contributed by atoms with van der Waals surface area (Å²) in [5, 5.41) is 17.2. The maximum atomic E-state index is 12.8. The Labute approximate surface area is 200 Å². The van der Waals surface area contributed by atoms with E-state index in [-0.39, 0.29) is 24.0 Å². The van der Waals surface area contributed by atoms with Gasteiger partial charge in [-0.15, -0.1) is 0 Å². The number of ether oxygens (including phenoxy) is 2. The van der Waals surface area contributed by atoms with Gasteiger partial charge in [0.2, 0.25) is 6.79 Å². The zero-order valence-corrected chi connectivity index (χ0v) is 18.7. The summed E-state index contributed by atoms with van der Waals surface area (Å²) in [6.07, 6.45) is 1.97. The Hall–Kier alpha value is -4.60. The van der Waals surface area contributed by atoms with E-state index in [1.165, 1.54) is 6.07 Å². The minimum absolute atomic E-state index is 0.0932. The first-order chi connectivity index (χ1) is 17.0. The largest absolute Gasteiger partial charge is 0.454 e. The van der Waals surface area contributed by atoms with Crippen LogP contribution in [0, 0.1) is 10.1 Å². The van der Waals surface area contributed by atoms with Gasteiger partial charge in [-0.25, -0.2) is 0 Å². The maximum Gasteiger partial charge on any atom is 0.293 e. The molecule has 3 aromatic rings. The summed E-state index contributed by atoms with van der Waals surface area (Å²) < 4.78 is 10.6. The van der Waals surface area contributed by atoms with E-state index in [1.54, 1.807) is 54.6 Å². The Morgan fingerprint density at radius 3 is 2.14 bits per heavy atom. The fourth-order valence-electron chi connectivity index (χ4n) is 4.16. The Kier molecular flexibility index (Phi) is 5.92. The maximum absolute atomic E-state index is 12.8. The van der Waals surface area contributed by atoms with E-state index in [9.17, 15) is 19.7 Å². The Morgan fingerprint density at radius 2 is 1.46 bits per heavy atom. The lowest BCUT2D eigenvalue weighted by atomic mass is 10.1. The second-order valence-corrected chi connectivity index (χ2v) is 8.21. The molecule has 2 heterocycles. The van der Waals surface area contributed by atoms with E-state index in [0.717, 1.165) is 25.9 Å². The van der Waals surface area contributed by atoms with Gasteiger partial charge in [-0.2, -0.15) is 0 Å². The fourth-order valence-corrected chi connectivity index (χ4v) is 4.16. The van der Waals surface area contributed by atoms with E-state index in [2.05, 4.69) is 10.6 Å². The van der Waals surface area contributed by atoms with Crippen LogP contribution in [0.3, 0.4) is 0 Å². The number of nitrogens with zero attached hydrogens (tertiary/aromatic N) is 2. The SMILES string of the molecule is O=C(Nc1cccc(NC(=O)c2ccc(N3CCCC3)c([N+](=O)[O-])c2)c1)c1ccc2c(c1)OCO2. The van der Waals surface area contributed by atoms with Gasteiger partial charge in [-0.05, 0) is 61.4 Å². The molecule has 0 aliphatic carbocycles. The van der Waals surface area contributed by atoms with Crippen molar-refractivity contribution in [1.29, 1.82) is 0 Å². The van der Waals surface area contributed by atoms with Crippen molar-refractivity contribution in [3.63, 3.8) is 0 Å². The number of hydrogen-bond donors (Lipinski definition) is 2. The van der Waals surface area contributed by atoms with Crippen molar-refractivity contribution < 1.29 is 24.0 Å². The van der Waals surface area contributed by atoms with Crippen molar-refractivity contribution in [2.75, 3.05) is 35.4 Å². The molecule has 0 unspecified atom stereocenters. The molecule has 2 N–H and O–H groups in total. The first-order valence-corrected chi connectivity index (χ1v) is 11.1. The molecule has 2 aliphatic heterocycles. The molecule has 0 atom stereocenters. The van der Waals surface area contributed by atoms with Gasteiger partial charge in [0.1, 0.15) is 5.69 Å². The first-order valence-electron chi connectivity index (χ1n) is 11.1. The highest BCUT2D eigenvalue weighted by atomic mass is 16.7. The Bertz CT molecular complexity index is 1320. The summed E-state index contributed by atoms with van der Waals surface area (Å²) in [4.78, 5) is 38.6. The molecule has 0 bridgehead atoms. The number of rotatable bonds is 6. The molecular formula is C25H22N4O6. The molecule has 10 heteroatoms. The third-order valence-corrected chi connectivity index (χ3v) is 5.89. The van der Waals surface area contributed by atoms with E-state index >= 15 is 0 Å². The van der Waals surface area contributed by atoms with Gasteiger partial charge in [0.05, 0.1) is 4.92 Å². The monoisotopic (exact) mass is 474 g/mol. The van der Waals surface area contributed by atoms with Crippen LogP contribution in [0.5, 0.6) is 11.5 Å². The van der Waals surface area contributed by atoms with Gasteiger partial charge in [0.15, 0.2) is 11.5 Å². The van der Waals surface area contributed by atoms with E-state index in [1.807, 2.05) is 4.90 Å². The number of anilines is 3. The molecule has 178 valence electrons. The lowest BCUT2D eigenvalue weighted by molar-refractivity contribution is -0.384. The van der Waals surface area contributed by atoms with Gasteiger partial charge in [0.25, 0.3) is 17.5 Å². The van der Waals surface area contributed by atoms with Gasteiger partial charge in [-0.1, -0.05) is 6.07 Å². The van der Waals surface area contributed by atoms with Crippen LogP contribution in [0.1, 0.15) is 33.6 Å². The normalized spacial score (nSPS) is 14.0. The quantitative estimate of drug-likeness (QED) is 0.400. The van der Waals surface area contributed by atoms with Crippen LogP contribution in [0.4, 0.5) is 22.7 Å². The van der Waals surface area contributed by atoms with Gasteiger partial charge < -0.3 is 25.0 Å². The minimum Gasteiger partial charge on any atom is -0.454 e. The van der Waals surface area contributed by atoms with Crippen molar-refractivity contribution >= 4 is 34.6 Å². The second kappa shape index (κ2) is 9.34. The molecule has 1 saturated heterocycles. The zero-order valence-electron chi connectivity index (χ0n) is 18.7. The van der Waals surface area contributed by atoms with E-state index in [4.69, 9.17) is 9.47 Å². The third kappa shape index (κ3) is 4.72. The summed E-state index contributed by atoms with van der Waals surface area (Å²) >= 11 is 0. The van der Waals surface area contributed by atoms with Crippen LogP contribution in [0.2, 0.25) is 0 Å². The molecule has 2 aliphatic rings. The van der Waals surface area contributed by atoms with Gasteiger partial charge >= 0.3 is 0 Å². The number of carbonyl (C=O) groups excluding carboxylic acids is 2. The van der Waals surface area contributed by atoms with Crippen molar-refractivity contribution in [2.45, 2.75) is 12.8 Å². The molecule has 35 heavy (non-hydrogen) atoms. The highest BCUT2D eigenvalue weighted by Crippen LogP contribution is 2.33. The number of nitrogens with one attached hydrogen (secondary N) is 2. The van der Waals surface area contributed by atoms with E-state index in [0.29, 0.717) is 34.1 Å². The van der Waals surface area contributed by atoms with Crippen molar-refractivity contribution in [2.24, 2.45) is 0 Å². The van der Waals surface area contributed by atoms with E-state index < -0.39 is 10.8 Å². The molecule has 1 fully saturated rings. The standard InChI is InChI=1S/C25H22N4O6/c30-24(16-6-8-20(21(12-16)29(32)33)28-10-1-2-11-28)26-18-4-3-5-19(14-18)27-25(31)17-7-9-22-23(13-17)35-15-34-22/h3-9,12-14H,1-2,10-11,15H2,(H,26,30)(H,27,31). The van der Waals surface area contributed by atoms with Crippen LogP contribution in [0.15, 0.2) is 60.7 Å². The third-order valence-electron chi connectivity index (χ3n) is 5.89. The van der Waals surface area contributed by atoms with Crippen molar-refractivity contribution in [3.8, 4) is 11.5 Å². The second-order valence-electron chi connectivity index (χ2n) is 8.21. The number of hydrogen-bond acceptors (Lipinski definition) is 7. The Morgan fingerprint density at radius 1 is 0.829 bits per heavy atom. The average molecular weight is 474 g/mol. The molecule has 10 nitrogen and oxygen atoms in total. The smallest absolute Gasteiger partial charge is 0.293 e. The molecule has 0 radical (unpaired) electrons. The first kappa shape index (κ1) is 22.2. The van der Waals surface area contributed by atoms with Crippen LogP contribution in [0.25, 0.3) is 0 Å². The zero-order chi connectivity index (χ0) is 24.4. The molecule has 0 aromatic heterocycles. The lowest BCUT2D eigenvalue weighted by Crippen LogP contribution is -2.20. The topological polar surface area (TPSA) is 123 Å². The number of fused-ring (bicyclic) bond motifs is 1. The lowest BCUT2D eigenvalue weighted by Gasteiger charge is -2.17. The van der Waals surface area contributed by atoms with Crippen LogP contribution in [-0.2, 0) is 0 Å². The number of carbonyl (C=O) groups is 2. The number of benzene rings is 3. The summed E-state index contributed by atoms with van der Waals surface area (Å²) in [5.41, 5.74) is 1.91. The van der Waals surface area contributed by atoms with Crippen molar-refractivity contribution in [1.82, 2.24) is 0 Å². The average Bonchev–Trinajstić information content (AvgIpc) is 3.55. The molecule has 2 amide bonds. The molecule has 0 spiro atoms. The summed E-state index contributed by atoms with van der Waals surface area (Å²) in [7, 11) is 0. The minimum atomic E-state index is -0.486. The van der Waals surface area contributed by atoms with Crippen LogP contribution >= 0.6 is 0 Å². The van der Waals surface area contributed by atoms with Gasteiger partial charge in [-0.3, -0.25) is 19.7 Å². The number of amides is 2. The predicted molar refractivity (Wildman–Crippen MR) is 129 cm³/mol. The highest BCUT2D eigenvalue weighted by molar-refractivity contribution is 6.07. The Balaban J connectivity index is 1.29.